The highest BCUT2D eigenvalue weighted by molar-refractivity contribution is 5.93. The molecule has 0 aliphatic rings. The molecule has 1 aromatic heterocycles. The van der Waals surface area contributed by atoms with E-state index in [0.717, 1.165) is 16.8 Å². The quantitative estimate of drug-likeness (QED) is 0.884. The van der Waals surface area contributed by atoms with Crippen LogP contribution in [0.25, 0.3) is 0 Å². The monoisotopic (exact) mass is 257 g/mol. The van der Waals surface area contributed by atoms with Crippen LogP contribution in [0.4, 0.5) is 11.5 Å². The Labute approximate surface area is 111 Å². The van der Waals surface area contributed by atoms with Gasteiger partial charge in [0.25, 0.3) is 0 Å². The van der Waals surface area contributed by atoms with Gasteiger partial charge in [0, 0.05) is 11.9 Å². The zero-order valence-electron chi connectivity index (χ0n) is 11.1. The van der Waals surface area contributed by atoms with E-state index >= 15 is 0 Å². The Morgan fingerprint density at radius 1 is 1.26 bits per heavy atom. The zero-order chi connectivity index (χ0) is 14.0. The fraction of sp³-hybridized carbons (Fsp3) is 0.214. The molecule has 0 saturated carbocycles. The molecule has 0 bridgehead atoms. The summed E-state index contributed by atoms with van der Waals surface area (Å²) >= 11 is 0. The highest BCUT2D eigenvalue weighted by atomic mass is 16.4. The molecule has 0 amide bonds. The summed E-state index contributed by atoms with van der Waals surface area (Å²) in [6, 6.07) is 5.90. The van der Waals surface area contributed by atoms with Gasteiger partial charge < -0.3 is 10.4 Å². The summed E-state index contributed by atoms with van der Waals surface area (Å²) in [5, 5.41) is 12.2. The van der Waals surface area contributed by atoms with Gasteiger partial charge in [-0.1, -0.05) is 17.7 Å². The minimum atomic E-state index is -1.05. The van der Waals surface area contributed by atoms with Crippen molar-refractivity contribution in [1.82, 2.24) is 9.97 Å². The van der Waals surface area contributed by atoms with Crippen LogP contribution in [0.2, 0.25) is 0 Å². The first-order valence-corrected chi connectivity index (χ1v) is 5.88. The summed E-state index contributed by atoms with van der Waals surface area (Å²) in [6.45, 7) is 5.69. The van der Waals surface area contributed by atoms with Gasteiger partial charge in [-0.05, 0) is 32.4 Å². The molecule has 2 N–H and O–H groups in total. The first kappa shape index (κ1) is 13.0. The maximum absolute atomic E-state index is 11.1. The van der Waals surface area contributed by atoms with Crippen molar-refractivity contribution in [1.29, 1.82) is 0 Å². The molecule has 5 heteroatoms. The molecule has 0 atom stereocenters. The molecule has 2 rings (SSSR count). The van der Waals surface area contributed by atoms with Crippen LogP contribution in [0.1, 0.15) is 27.3 Å². The molecular formula is C14H15N3O2. The number of carboxylic acid groups (broad SMARTS) is 1. The summed E-state index contributed by atoms with van der Waals surface area (Å²) in [7, 11) is 0. The molecule has 0 spiro atoms. The van der Waals surface area contributed by atoms with Crippen molar-refractivity contribution >= 4 is 17.5 Å². The maximum atomic E-state index is 11.1. The third kappa shape index (κ3) is 2.88. The minimum Gasteiger partial charge on any atom is -0.477 e. The number of aryl methyl sites for hydroxylation is 3. The summed E-state index contributed by atoms with van der Waals surface area (Å²) in [4.78, 5) is 19.2. The van der Waals surface area contributed by atoms with Crippen molar-refractivity contribution < 1.29 is 9.90 Å². The van der Waals surface area contributed by atoms with Crippen LogP contribution in [0.3, 0.4) is 0 Å². The van der Waals surface area contributed by atoms with Crippen molar-refractivity contribution in [3.05, 3.63) is 46.9 Å². The van der Waals surface area contributed by atoms with Crippen LogP contribution in [0, 0.1) is 20.8 Å². The van der Waals surface area contributed by atoms with Crippen molar-refractivity contribution in [2.24, 2.45) is 0 Å². The van der Waals surface area contributed by atoms with Crippen molar-refractivity contribution in [3.63, 3.8) is 0 Å². The molecule has 0 fully saturated rings. The Bertz CT molecular complexity index is 639. The van der Waals surface area contributed by atoms with E-state index in [1.165, 1.54) is 6.20 Å². The molecule has 0 aliphatic heterocycles. The molecule has 0 unspecified atom stereocenters. The highest BCUT2D eigenvalue weighted by Crippen LogP contribution is 2.22. The fourth-order valence-electron chi connectivity index (χ4n) is 1.80. The molecule has 0 aliphatic carbocycles. The number of hydrogen-bond acceptors (Lipinski definition) is 4. The number of benzene rings is 1. The van der Waals surface area contributed by atoms with Crippen LogP contribution in [-0.2, 0) is 0 Å². The van der Waals surface area contributed by atoms with Crippen molar-refractivity contribution in [3.8, 4) is 0 Å². The van der Waals surface area contributed by atoms with E-state index in [1.807, 2.05) is 32.0 Å². The Morgan fingerprint density at radius 2 is 2.00 bits per heavy atom. The van der Waals surface area contributed by atoms with Crippen molar-refractivity contribution in [2.75, 3.05) is 5.32 Å². The second-order valence-corrected chi connectivity index (χ2v) is 4.43. The molecule has 19 heavy (non-hydrogen) atoms. The van der Waals surface area contributed by atoms with Gasteiger partial charge >= 0.3 is 5.97 Å². The number of aromatic nitrogens is 2. The van der Waals surface area contributed by atoms with E-state index in [1.54, 1.807) is 6.92 Å². The predicted molar refractivity (Wildman–Crippen MR) is 72.9 cm³/mol. The lowest BCUT2D eigenvalue weighted by Crippen LogP contribution is -2.07. The number of rotatable bonds is 3. The van der Waals surface area contributed by atoms with E-state index in [-0.39, 0.29) is 5.56 Å². The lowest BCUT2D eigenvalue weighted by atomic mass is 10.1. The SMILES string of the molecule is Cc1ccc(Nc2nc(C)ncc2C(=O)O)c(C)c1. The molecule has 1 heterocycles. The number of aromatic carboxylic acids is 1. The first-order valence-electron chi connectivity index (χ1n) is 5.88. The highest BCUT2D eigenvalue weighted by Gasteiger charge is 2.13. The van der Waals surface area contributed by atoms with Gasteiger partial charge in [0.15, 0.2) is 0 Å². The van der Waals surface area contributed by atoms with Gasteiger partial charge in [-0.2, -0.15) is 0 Å². The van der Waals surface area contributed by atoms with Gasteiger partial charge in [0.2, 0.25) is 0 Å². The molecule has 0 radical (unpaired) electrons. The molecule has 98 valence electrons. The van der Waals surface area contributed by atoms with Gasteiger partial charge in [0.05, 0.1) is 0 Å². The number of anilines is 2. The molecular weight excluding hydrogens is 242 g/mol. The Morgan fingerprint density at radius 3 is 2.63 bits per heavy atom. The summed E-state index contributed by atoms with van der Waals surface area (Å²) in [5.41, 5.74) is 3.09. The predicted octanol–water partition coefficient (Wildman–Crippen LogP) is 2.84. The summed E-state index contributed by atoms with van der Waals surface area (Å²) in [6.07, 6.45) is 1.32. The number of nitrogens with one attached hydrogen (secondary N) is 1. The van der Waals surface area contributed by atoms with Crippen LogP contribution >= 0.6 is 0 Å². The van der Waals surface area contributed by atoms with E-state index in [0.29, 0.717) is 11.6 Å². The van der Waals surface area contributed by atoms with Gasteiger partial charge in [-0.3, -0.25) is 0 Å². The van der Waals surface area contributed by atoms with E-state index in [9.17, 15) is 4.79 Å². The average Bonchev–Trinajstić information content (AvgIpc) is 2.32. The van der Waals surface area contributed by atoms with Gasteiger partial charge in [-0.15, -0.1) is 0 Å². The minimum absolute atomic E-state index is 0.0607. The smallest absolute Gasteiger partial charge is 0.341 e. The maximum Gasteiger partial charge on any atom is 0.341 e. The first-order chi connectivity index (χ1) is 8.97. The standard InChI is InChI=1S/C14H15N3O2/c1-8-4-5-12(9(2)6-8)17-13-11(14(18)19)7-15-10(3)16-13/h4-7H,1-3H3,(H,18,19)(H,15,16,17). The lowest BCUT2D eigenvalue weighted by Gasteiger charge is -2.11. The number of hydrogen-bond donors (Lipinski definition) is 2. The topological polar surface area (TPSA) is 75.1 Å². The molecule has 5 nitrogen and oxygen atoms in total. The second kappa shape index (κ2) is 5.06. The van der Waals surface area contributed by atoms with Crippen LogP contribution < -0.4 is 5.32 Å². The fourth-order valence-corrected chi connectivity index (χ4v) is 1.80. The Kier molecular flexibility index (Phi) is 3.46. The Balaban J connectivity index is 2.42. The van der Waals surface area contributed by atoms with E-state index in [4.69, 9.17) is 5.11 Å². The van der Waals surface area contributed by atoms with Crippen LogP contribution in [0.5, 0.6) is 0 Å². The average molecular weight is 257 g/mol. The summed E-state index contributed by atoms with van der Waals surface area (Å²) in [5.74, 6) is -0.212. The van der Waals surface area contributed by atoms with E-state index < -0.39 is 5.97 Å². The van der Waals surface area contributed by atoms with E-state index in [2.05, 4.69) is 15.3 Å². The van der Waals surface area contributed by atoms with Gasteiger partial charge in [0.1, 0.15) is 17.2 Å². The third-order valence-corrected chi connectivity index (χ3v) is 2.77. The number of carboxylic acids is 1. The lowest BCUT2D eigenvalue weighted by molar-refractivity contribution is 0.0697. The van der Waals surface area contributed by atoms with Crippen LogP contribution in [0.15, 0.2) is 24.4 Å². The normalized spacial score (nSPS) is 10.3. The summed E-state index contributed by atoms with van der Waals surface area (Å²) < 4.78 is 0. The molecule has 1 aromatic carbocycles. The molecule has 2 aromatic rings. The second-order valence-electron chi connectivity index (χ2n) is 4.43. The number of nitrogens with zero attached hydrogens (tertiary/aromatic N) is 2. The number of carbonyl (C=O) groups is 1. The zero-order valence-corrected chi connectivity index (χ0v) is 11.1. The van der Waals surface area contributed by atoms with Crippen LogP contribution in [-0.4, -0.2) is 21.0 Å². The largest absolute Gasteiger partial charge is 0.477 e. The van der Waals surface area contributed by atoms with Crippen molar-refractivity contribution in [2.45, 2.75) is 20.8 Å². The molecule has 0 saturated heterocycles. The van der Waals surface area contributed by atoms with Gasteiger partial charge in [-0.25, -0.2) is 14.8 Å². The Hall–Kier alpha value is -2.43. The third-order valence-electron chi connectivity index (χ3n) is 2.77.